The van der Waals surface area contributed by atoms with Crippen molar-refractivity contribution in [3.05, 3.63) is 29.8 Å². The maximum Gasteiger partial charge on any atom is 0.123 e. The normalized spacial score (nSPS) is 12.3. The Balaban J connectivity index is 2.14. The van der Waals surface area contributed by atoms with E-state index in [9.17, 15) is 5.11 Å². The Kier molecular flexibility index (Phi) is 8.98. The summed E-state index contributed by atoms with van der Waals surface area (Å²) in [5.41, 5.74) is 6.54. The van der Waals surface area contributed by atoms with Crippen LogP contribution in [-0.4, -0.2) is 44.2 Å². The van der Waals surface area contributed by atoms with Gasteiger partial charge in [0.05, 0.1) is 19.8 Å². The van der Waals surface area contributed by atoms with Gasteiger partial charge in [0.25, 0.3) is 0 Å². The van der Waals surface area contributed by atoms with Crippen LogP contribution in [0.3, 0.4) is 0 Å². The summed E-state index contributed by atoms with van der Waals surface area (Å²) >= 11 is 0. The molecule has 5 heteroatoms. The number of para-hydroxylation sites is 1. The van der Waals surface area contributed by atoms with Crippen molar-refractivity contribution < 1.29 is 19.3 Å². The van der Waals surface area contributed by atoms with E-state index in [0.29, 0.717) is 25.5 Å². The van der Waals surface area contributed by atoms with E-state index in [4.69, 9.17) is 19.9 Å². The summed E-state index contributed by atoms with van der Waals surface area (Å²) < 4.78 is 16.1. The molecule has 0 aliphatic heterocycles. The van der Waals surface area contributed by atoms with Crippen LogP contribution in [0, 0.1) is 0 Å². The maximum atomic E-state index is 9.75. The minimum absolute atomic E-state index is 0.187. The smallest absolute Gasteiger partial charge is 0.123 e. The fourth-order valence-corrected chi connectivity index (χ4v) is 1.63. The van der Waals surface area contributed by atoms with Gasteiger partial charge in [-0.15, -0.1) is 0 Å². The largest absolute Gasteiger partial charge is 0.490 e. The molecule has 3 N–H and O–H groups in total. The van der Waals surface area contributed by atoms with Crippen LogP contribution in [0.5, 0.6) is 5.75 Å². The third-order valence-corrected chi connectivity index (χ3v) is 2.65. The second-order valence-corrected chi connectivity index (χ2v) is 4.46. The summed E-state index contributed by atoms with van der Waals surface area (Å²) in [7, 11) is 0. The number of ether oxygens (including phenoxy) is 3. The molecular formula is C15H25NO4. The first-order chi connectivity index (χ1) is 9.77. The number of nitrogens with two attached hydrogens (primary N) is 1. The number of benzene rings is 1. The van der Waals surface area contributed by atoms with Gasteiger partial charge in [0, 0.05) is 18.7 Å². The summed E-state index contributed by atoms with van der Waals surface area (Å²) in [6, 6.07) is 7.53. The van der Waals surface area contributed by atoms with E-state index in [2.05, 4.69) is 6.92 Å². The third kappa shape index (κ3) is 6.86. The van der Waals surface area contributed by atoms with E-state index in [1.165, 1.54) is 0 Å². The number of aliphatic hydroxyl groups excluding tert-OH is 1. The molecule has 1 unspecified atom stereocenters. The molecule has 0 spiro atoms. The van der Waals surface area contributed by atoms with Crippen molar-refractivity contribution >= 4 is 0 Å². The summed E-state index contributed by atoms with van der Waals surface area (Å²) in [5.74, 6) is 0.709. The first-order valence-electron chi connectivity index (χ1n) is 7.02. The van der Waals surface area contributed by atoms with Crippen LogP contribution in [-0.2, 0) is 16.0 Å². The lowest BCUT2D eigenvalue weighted by atomic mass is 10.2. The highest BCUT2D eigenvalue weighted by Gasteiger charge is 2.07. The van der Waals surface area contributed by atoms with Crippen LogP contribution in [0.15, 0.2) is 24.3 Å². The average Bonchev–Trinajstić information content (AvgIpc) is 2.49. The predicted molar refractivity (Wildman–Crippen MR) is 77.8 cm³/mol. The van der Waals surface area contributed by atoms with Crippen molar-refractivity contribution in [2.75, 3.05) is 33.0 Å². The molecule has 5 nitrogen and oxygen atoms in total. The highest BCUT2D eigenvalue weighted by Crippen LogP contribution is 2.17. The predicted octanol–water partition coefficient (Wildman–Crippen LogP) is 1.33. The average molecular weight is 283 g/mol. The van der Waals surface area contributed by atoms with Crippen LogP contribution in [0.1, 0.15) is 18.9 Å². The Morgan fingerprint density at radius 1 is 1.10 bits per heavy atom. The van der Waals surface area contributed by atoms with E-state index in [1.807, 2.05) is 24.3 Å². The Hall–Kier alpha value is -1.14. The monoisotopic (exact) mass is 283 g/mol. The molecule has 0 saturated heterocycles. The topological polar surface area (TPSA) is 73.9 Å². The summed E-state index contributed by atoms with van der Waals surface area (Å²) in [6.45, 7) is 4.67. The molecule has 1 rings (SSSR count). The molecule has 114 valence electrons. The van der Waals surface area contributed by atoms with Gasteiger partial charge in [-0.1, -0.05) is 25.1 Å². The number of aliphatic hydroxyl groups is 1. The lowest BCUT2D eigenvalue weighted by Crippen LogP contribution is -2.24. The van der Waals surface area contributed by atoms with Gasteiger partial charge in [-0.05, 0) is 12.5 Å². The van der Waals surface area contributed by atoms with Gasteiger partial charge in [-0.3, -0.25) is 0 Å². The fourth-order valence-electron chi connectivity index (χ4n) is 1.63. The van der Waals surface area contributed by atoms with Crippen LogP contribution in [0.2, 0.25) is 0 Å². The SMILES string of the molecule is CCCOCCOCC(O)COc1ccccc1CN. The van der Waals surface area contributed by atoms with Crippen molar-refractivity contribution in [3.63, 3.8) is 0 Å². The molecule has 0 radical (unpaired) electrons. The Bertz CT molecular complexity index is 359. The lowest BCUT2D eigenvalue weighted by molar-refractivity contribution is -0.0108. The van der Waals surface area contributed by atoms with Crippen molar-refractivity contribution in [1.29, 1.82) is 0 Å². The van der Waals surface area contributed by atoms with E-state index in [0.717, 1.165) is 18.6 Å². The van der Waals surface area contributed by atoms with Crippen LogP contribution in [0.25, 0.3) is 0 Å². The van der Waals surface area contributed by atoms with Crippen molar-refractivity contribution in [2.45, 2.75) is 26.0 Å². The van der Waals surface area contributed by atoms with Crippen molar-refractivity contribution in [2.24, 2.45) is 5.73 Å². The minimum atomic E-state index is -0.660. The molecule has 1 aromatic carbocycles. The maximum absolute atomic E-state index is 9.75. The van der Waals surface area contributed by atoms with Gasteiger partial charge in [0.15, 0.2) is 0 Å². The lowest BCUT2D eigenvalue weighted by Gasteiger charge is -2.14. The molecule has 0 saturated carbocycles. The first kappa shape index (κ1) is 16.9. The molecule has 0 heterocycles. The quantitative estimate of drug-likeness (QED) is 0.599. The van der Waals surface area contributed by atoms with E-state index < -0.39 is 6.10 Å². The summed E-state index contributed by atoms with van der Waals surface area (Å²) in [4.78, 5) is 0. The minimum Gasteiger partial charge on any atom is -0.490 e. The molecule has 0 fully saturated rings. The van der Waals surface area contributed by atoms with Gasteiger partial charge in [0.1, 0.15) is 18.5 Å². The van der Waals surface area contributed by atoms with Gasteiger partial charge in [-0.25, -0.2) is 0 Å². The van der Waals surface area contributed by atoms with Gasteiger partial charge in [-0.2, -0.15) is 0 Å². The second-order valence-electron chi connectivity index (χ2n) is 4.46. The zero-order chi connectivity index (χ0) is 14.6. The summed E-state index contributed by atoms with van der Waals surface area (Å²) in [6.07, 6.45) is 0.337. The molecule has 1 aromatic rings. The van der Waals surface area contributed by atoms with Gasteiger partial charge < -0.3 is 25.1 Å². The van der Waals surface area contributed by atoms with Crippen molar-refractivity contribution in [1.82, 2.24) is 0 Å². The van der Waals surface area contributed by atoms with Gasteiger partial charge >= 0.3 is 0 Å². The molecular weight excluding hydrogens is 258 g/mol. The zero-order valence-corrected chi connectivity index (χ0v) is 12.1. The van der Waals surface area contributed by atoms with E-state index in [-0.39, 0.29) is 13.2 Å². The van der Waals surface area contributed by atoms with Crippen LogP contribution >= 0.6 is 0 Å². The molecule has 20 heavy (non-hydrogen) atoms. The second kappa shape index (κ2) is 10.6. The van der Waals surface area contributed by atoms with Crippen molar-refractivity contribution in [3.8, 4) is 5.75 Å². The molecule has 0 amide bonds. The van der Waals surface area contributed by atoms with Crippen LogP contribution < -0.4 is 10.5 Å². The third-order valence-electron chi connectivity index (χ3n) is 2.65. The van der Waals surface area contributed by atoms with Gasteiger partial charge in [0.2, 0.25) is 0 Å². The number of hydrogen-bond donors (Lipinski definition) is 2. The van der Waals surface area contributed by atoms with E-state index >= 15 is 0 Å². The fraction of sp³-hybridized carbons (Fsp3) is 0.600. The highest BCUT2D eigenvalue weighted by atomic mass is 16.5. The number of rotatable bonds is 11. The van der Waals surface area contributed by atoms with E-state index in [1.54, 1.807) is 0 Å². The molecule has 0 aromatic heterocycles. The standard InChI is InChI=1S/C15H25NO4/c1-2-7-18-8-9-19-11-14(17)12-20-15-6-4-3-5-13(15)10-16/h3-6,14,17H,2,7-12,16H2,1H3. The molecule has 0 aliphatic carbocycles. The Morgan fingerprint density at radius 2 is 1.85 bits per heavy atom. The molecule has 0 bridgehead atoms. The summed E-state index contributed by atoms with van der Waals surface area (Å²) in [5, 5.41) is 9.75. The molecule has 0 aliphatic rings. The van der Waals surface area contributed by atoms with Crippen LogP contribution in [0.4, 0.5) is 0 Å². The first-order valence-corrected chi connectivity index (χ1v) is 7.02. The zero-order valence-electron chi connectivity index (χ0n) is 12.1. The molecule has 1 atom stereocenters. The number of hydrogen-bond acceptors (Lipinski definition) is 5. The Labute approximate surface area is 120 Å². The highest BCUT2D eigenvalue weighted by molar-refractivity contribution is 5.32. The Morgan fingerprint density at radius 3 is 2.60 bits per heavy atom.